The van der Waals surface area contributed by atoms with Crippen LogP contribution in [0, 0.1) is 5.92 Å². The molecule has 1 spiro atoms. The van der Waals surface area contributed by atoms with E-state index in [2.05, 4.69) is 21.6 Å². The van der Waals surface area contributed by atoms with Crippen LogP contribution in [0.2, 0.25) is 5.02 Å². The first-order chi connectivity index (χ1) is 23.4. The molecule has 3 fully saturated rings. The van der Waals surface area contributed by atoms with Gasteiger partial charge in [0.2, 0.25) is 5.91 Å². The maximum absolute atomic E-state index is 13.9. The molecule has 266 valence electrons. The minimum absolute atomic E-state index is 0.0221. The van der Waals surface area contributed by atoms with Crippen molar-refractivity contribution < 1.29 is 32.3 Å². The molecule has 6 rings (SSSR count). The Morgan fingerprint density at radius 2 is 1.73 bits per heavy atom. The molecule has 0 unspecified atom stereocenters. The van der Waals surface area contributed by atoms with Gasteiger partial charge in [-0.25, -0.2) is 0 Å². The highest BCUT2D eigenvalue weighted by molar-refractivity contribution is 6.33. The average molecular weight is 704 g/mol. The molecular weight excluding hydrogens is 659 g/mol. The standard InChI is InChI=1S/C36H45ClF3N5O4/c37-28-20-24(19-27(33(28)41)36(38,39)40)21-30(34(48)45-17-15-44(16-18-45)25-9-13-42-14-10-25)49-32(47)6-5-23-7-11-35(12-8-23)22-31(46)43-29-4-2-1-3-26(29)35/h1-4,19-20,23,25,30,42H,5-18,21-22,41H2,(H,43,46)/t23?,30-,35?/m1/s1. The number of esters is 1. The number of alkyl halides is 3. The third-order valence-electron chi connectivity index (χ3n) is 11.0. The second-order valence-electron chi connectivity index (χ2n) is 14.1. The second-order valence-corrected chi connectivity index (χ2v) is 14.5. The number of carbonyl (C=O) groups excluding carboxylic acids is 3. The van der Waals surface area contributed by atoms with Crippen LogP contribution in [0.3, 0.4) is 0 Å². The molecule has 9 nitrogen and oxygen atoms in total. The highest BCUT2D eigenvalue weighted by Crippen LogP contribution is 2.49. The van der Waals surface area contributed by atoms with Crippen LogP contribution in [0.5, 0.6) is 0 Å². The Morgan fingerprint density at radius 3 is 2.43 bits per heavy atom. The van der Waals surface area contributed by atoms with Crippen molar-refractivity contribution in [3.8, 4) is 0 Å². The molecule has 0 aromatic heterocycles. The SMILES string of the molecule is Nc1c(Cl)cc(C[C@@H](OC(=O)CCC2CCC3(CC2)CC(=O)Nc2ccccc23)C(=O)N2CCN(C3CCNCC3)CC2)cc1C(F)(F)F. The molecule has 2 saturated heterocycles. The van der Waals surface area contributed by atoms with Crippen LogP contribution >= 0.6 is 11.6 Å². The van der Waals surface area contributed by atoms with E-state index < -0.39 is 35.4 Å². The summed E-state index contributed by atoms with van der Waals surface area (Å²) < 4.78 is 47.1. The van der Waals surface area contributed by atoms with Gasteiger partial charge in [-0.05, 0) is 93.3 Å². The highest BCUT2D eigenvalue weighted by atomic mass is 35.5. The van der Waals surface area contributed by atoms with Crippen molar-refractivity contribution in [1.29, 1.82) is 0 Å². The van der Waals surface area contributed by atoms with E-state index in [0.29, 0.717) is 45.1 Å². The van der Waals surface area contributed by atoms with Gasteiger partial charge in [0.15, 0.2) is 6.10 Å². The summed E-state index contributed by atoms with van der Waals surface area (Å²) in [5.74, 6) is -0.715. The number of amides is 2. The number of piperazine rings is 1. The largest absolute Gasteiger partial charge is 0.452 e. The quantitative estimate of drug-likeness (QED) is 0.244. The summed E-state index contributed by atoms with van der Waals surface area (Å²) >= 11 is 6.10. The van der Waals surface area contributed by atoms with Crippen LogP contribution in [-0.4, -0.2) is 79.0 Å². The number of benzene rings is 2. The van der Waals surface area contributed by atoms with Crippen LogP contribution < -0.4 is 16.4 Å². The predicted octanol–water partition coefficient (Wildman–Crippen LogP) is 5.54. The summed E-state index contributed by atoms with van der Waals surface area (Å²) in [4.78, 5) is 43.7. The van der Waals surface area contributed by atoms with Crippen LogP contribution in [0.4, 0.5) is 24.5 Å². The first-order valence-corrected chi connectivity index (χ1v) is 17.8. The fraction of sp³-hybridized carbons (Fsp3) is 0.583. The van der Waals surface area contributed by atoms with Gasteiger partial charge in [0.1, 0.15) is 0 Å². The van der Waals surface area contributed by atoms with Gasteiger partial charge in [0, 0.05) is 62.6 Å². The number of para-hydroxylation sites is 1. The molecule has 4 aliphatic rings. The van der Waals surface area contributed by atoms with Crippen molar-refractivity contribution in [2.75, 3.05) is 50.3 Å². The third-order valence-corrected chi connectivity index (χ3v) is 11.3. The highest BCUT2D eigenvalue weighted by Gasteiger charge is 2.43. The first kappa shape index (κ1) is 35.5. The summed E-state index contributed by atoms with van der Waals surface area (Å²) in [5, 5.41) is 6.07. The first-order valence-electron chi connectivity index (χ1n) is 17.4. The number of nitrogens with two attached hydrogens (primary N) is 1. The molecule has 1 saturated carbocycles. The van der Waals surface area contributed by atoms with E-state index in [4.69, 9.17) is 22.1 Å². The van der Waals surface area contributed by atoms with Crippen LogP contribution in [0.15, 0.2) is 36.4 Å². The Labute approximate surface area is 290 Å². The zero-order valence-electron chi connectivity index (χ0n) is 27.6. The van der Waals surface area contributed by atoms with Gasteiger partial charge in [-0.3, -0.25) is 19.3 Å². The fourth-order valence-corrected chi connectivity index (χ4v) is 8.50. The number of piperidine rings is 1. The number of nitrogen functional groups attached to an aromatic ring is 1. The maximum Gasteiger partial charge on any atom is 0.418 e. The molecule has 0 radical (unpaired) electrons. The van der Waals surface area contributed by atoms with E-state index in [0.717, 1.165) is 63.4 Å². The lowest BCUT2D eigenvalue weighted by Gasteiger charge is -2.43. The van der Waals surface area contributed by atoms with Gasteiger partial charge >= 0.3 is 12.1 Å². The smallest absolute Gasteiger partial charge is 0.418 e. The molecule has 2 aromatic carbocycles. The number of ether oxygens (including phenoxy) is 1. The van der Waals surface area contributed by atoms with E-state index in [1.54, 1.807) is 4.90 Å². The number of nitrogens with zero attached hydrogens (tertiary/aromatic N) is 2. The van der Waals surface area contributed by atoms with Gasteiger partial charge in [-0.2, -0.15) is 13.2 Å². The lowest BCUT2D eigenvalue weighted by molar-refractivity contribution is -0.161. The Balaban J connectivity index is 1.10. The van der Waals surface area contributed by atoms with Crippen molar-refractivity contribution in [1.82, 2.24) is 15.1 Å². The van der Waals surface area contributed by atoms with Crippen molar-refractivity contribution in [2.24, 2.45) is 5.92 Å². The summed E-state index contributed by atoms with van der Waals surface area (Å²) in [5.41, 5.74) is 5.92. The van der Waals surface area contributed by atoms with E-state index in [9.17, 15) is 27.6 Å². The molecule has 3 heterocycles. The van der Waals surface area contributed by atoms with Crippen molar-refractivity contribution in [3.63, 3.8) is 0 Å². The van der Waals surface area contributed by atoms with Gasteiger partial charge in [0.25, 0.3) is 5.91 Å². The number of anilines is 2. The Morgan fingerprint density at radius 1 is 1.04 bits per heavy atom. The molecule has 0 bridgehead atoms. The molecule has 4 N–H and O–H groups in total. The monoisotopic (exact) mass is 703 g/mol. The zero-order valence-corrected chi connectivity index (χ0v) is 28.4. The Hall–Kier alpha value is -3.35. The van der Waals surface area contributed by atoms with E-state index in [1.165, 1.54) is 11.6 Å². The van der Waals surface area contributed by atoms with E-state index >= 15 is 0 Å². The minimum atomic E-state index is -4.74. The fourth-order valence-electron chi connectivity index (χ4n) is 8.26. The Kier molecular flexibility index (Phi) is 10.8. The Bertz CT molecular complexity index is 1530. The zero-order chi connectivity index (χ0) is 34.8. The number of fused-ring (bicyclic) bond motifs is 2. The summed E-state index contributed by atoms with van der Waals surface area (Å²) in [6.07, 6.45) is 0.237. The molecule has 1 aliphatic carbocycles. The number of halogens is 4. The van der Waals surface area contributed by atoms with Crippen molar-refractivity contribution >= 4 is 40.8 Å². The van der Waals surface area contributed by atoms with Crippen molar-refractivity contribution in [3.05, 3.63) is 58.1 Å². The lowest BCUT2D eigenvalue weighted by Crippen LogP contribution is -2.56. The number of carbonyl (C=O) groups is 3. The van der Waals surface area contributed by atoms with Gasteiger partial charge in [-0.1, -0.05) is 29.8 Å². The molecule has 2 amide bonds. The molecule has 2 aromatic rings. The van der Waals surface area contributed by atoms with Gasteiger partial charge in [-0.15, -0.1) is 0 Å². The second kappa shape index (κ2) is 14.9. The van der Waals surface area contributed by atoms with Crippen LogP contribution in [0.25, 0.3) is 0 Å². The predicted molar refractivity (Wildman–Crippen MR) is 181 cm³/mol. The average Bonchev–Trinajstić information content (AvgIpc) is 3.09. The third kappa shape index (κ3) is 8.18. The minimum Gasteiger partial charge on any atom is -0.452 e. The van der Waals surface area contributed by atoms with E-state index in [1.807, 2.05) is 18.2 Å². The summed E-state index contributed by atoms with van der Waals surface area (Å²) in [7, 11) is 0. The normalized spacial score (nSPS) is 24.3. The van der Waals surface area contributed by atoms with Gasteiger partial charge < -0.3 is 26.0 Å². The van der Waals surface area contributed by atoms with Crippen LogP contribution in [0.1, 0.15) is 74.5 Å². The molecule has 13 heteroatoms. The molecule has 49 heavy (non-hydrogen) atoms. The van der Waals surface area contributed by atoms with Crippen molar-refractivity contribution in [2.45, 2.75) is 87.9 Å². The number of hydrogen-bond donors (Lipinski definition) is 3. The topological polar surface area (TPSA) is 117 Å². The summed E-state index contributed by atoms with van der Waals surface area (Å²) in [6, 6.07) is 10.6. The molecular formula is C36H45ClF3N5O4. The van der Waals surface area contributed by atoms with E-state index in [-0.39, 0.29) is 40.7 Å². The summed E-state index contributed by atoms with van der Waals surface area (Å²) in [6.45, 7) is 4.16. The lowest BCUT2D eigenvalue weighted by atomic mass is 9.63. The maximum atomic E-state index is 13.9. The number of nitrogens with one attached hydrogen (secondary N) is 2. The van der Waals surface area contributed by atoms with Crippen LogP contribution in [-0.2, 0) is 37.1 Å². The van der Waals surface area contributed by atoms with Gasteiger partial charge in [0.05, 0.1) is 16.3 Å². The molecule has 3 aliphatic heterocycles. The number of hydrogen-bond acceptors (Lipinski definition) is 7. The number of rotatable bonds is 8. The molecule has 1 atom stereocenters.